The van der Waals surface area contributed by atoms with Gasteiger partial charge in [0, 0.05) is 12.6 Å². The van der Waals surface area contributed by atoms with Gasteiger partial charge in [0.15, 0.2) is 16.7 Å². The van der Waals surface area contributed by atoms with Crippen LogP contribution in [0.15, 0.2) is 28.0 Å². The summed E-state index contributed by atoms with van der Waals surface area (Å²) in [6.45, 7) is 9.78. The quantitative estimate of drug-likeness (QED) is 0.642. The largest absolute Gasteiger partial charge is 0.461 e. The molecule has 0 spiro atoms. The van der Waals surface area contributed by atoms with Gasteiger partial charge in [-0.15, -0.1) is 10.2 Å². The van der Waals surface area contributed by atoms with Gasteiger partial charge in [0.05, 0.1) is 12.0 Å². The van der Waals surface area contributed by atoms with E-state index in [9.17, 15) is 4.79 Å². The number of aromatic nitrogens is 3. The van der Waals surface area contributed by atoms with Gasteiger partial charge in [0.25, 0.3) is 0 Å². The second-order valence-electron chi connectivity index (χ2n) is 8.27. The van der Waals surface area contributed by atoms with Crippen molar-refractivity contribution < 1.29 is 9.21 Å². The van der Waals surface area contributed by atoms with Crippen LogP contribution in [0.1, 0.15) is 59.8 Å². The molecule has 0 aliphatic heterocycles. The molecule has 154 valence electrons. The third kappa shape index (κ3) is 4.80. The number of hydrogen-bond acceptors (Lipinski definition) is 5. The number of nitrogens with one attached hydrogen (secondary N) is 1. The lowest BCUT2D eigenvalue weighted by molar-refractivity contribution is -0.119. The highest BCUT2D eigenvalue weighted by atomic mass is 32.2. The summed E-state index contributed by atoms with van der Waals surface area (Å²) in [7, 11) is 0. The van der Waals surface area contributed by atoms with Crippen molar-refractivity contribution in [1.82, 2.24) is 20.1 Å². The zero-order chi connectivity index (χ0) is 20.1. The summed E-state index contributed by atoms with van der Waals surface area (Å²) in [5, 5.41) is 12.4. The van der Waals surface area contributed by atoms with Crippen LogP contribution in [0.3, 0.4) is 0 Å². The highest BCUT2D eigenvalue weighted by Crippen LogP contribution is 2.40. The molecule has 1 aliphatic carbocycles. The molecule has 0 saturated heterocycles. The van der Waals surface area contributed by atoms with Crippen molar-refractivity contribution in [2.75, 3.05) is 5.75 Å². The topological polar surface area (TPSA) is 73.0 Å². The molecule has 1 aliphatic rings. The maximum atomic E-state index is 12.4. The van der Waals surface area contributed by atoms with E-state index >= 15 is 0 Å². The van der Waals surface area contributed by atoms with Crippen molar-refractivity contribution in [3.05, 3.63) is 18.4 Å². The molecule has 0 radical (unpaired) electrons. The smallest absolute Gasteiger partial charge is 0.230 e. The summed E-state index contributed by atoms with van der Waals surface area (Å²) < 4.78 is 7.41. The molecule has 2 aromatic rings. The first-order chi connectivity index (χ1) is 13.4. The van der Waals surface area contributed by atoms with Gasteiger partial charge in [-0.2, -0.15) is 0 Å². The van der Waals surface area contributed by atoms with Gasteiger partial charge in [0.1, 0.15) is 0 Å². The monoisotopic (exact) mass is 404 g/mol. The molecule has 1 fully saturated rings. The number of hydrogen-bond donors (Lipinski definition) is 1. The van der Waals surface area contributed by atoms with Crippen LogP contribution >= 0.6 is 11.8 Å². The Morgan fingerprint density at radius 2 is 2.04 bits per heavy atom. The van der Waals surface area contributed by atoms with Gasteiger partial charge in [-0.3, -0.25) is 9.36 Å². The number of rotatable bonds is 8. The van der Waals surface area contributed by atoms with E-state index < -0.39 is 0 Å². The lowest BCUT2D eigenvalue weighted by atomic mass is 9.69. The SMILES string of the molecule is CCn1c(SCC(=O)NC2CCC(C(C)(C)CC)CC2)nnc1-c1ccco1. The van der Waals surface area contributed by atoms with Crippen LogP contribution in [-0.4, -0.2) is 32.5 Å². The molecule has 2 aromatic heterocycles. The maximum Gasteiger partial charge on any atom is 0.230 e. The Morgan fingerprint density at radius 1 is 1.29 bits per heavy atom. The first-order valence-corrected chi connectivity index (χ1v) is 11.3. The maximum absolute atomic E-state index is 12.4. The zero-order valence-corrected chi connectivity index (χ0v) is 18.2. The van der Waals surface area contributed by atoms with Crippen molar-refractivity contribution >= 4 is 17.7 Å². The third-order valence-corrected chi connectivity index (χ3v) is 7.18. The van der Waals surface area contributed by atoms with E-state index in [2.05, 4.69) is 36.3 Å². The van der Waals surface area contributed by atoms with Gasteiger partial charge in [-0.1, -0.05) is 39.0 Å². The molecule has 0 bridgehead atoms. The molecule has 0 atom stereocenters. The minimum atomic E-state index is 0.0772. The highest BCUT2D eigenvalue weighted by Gasteiger charge is 2.32. The molecule has 2 heterocycles. The van der Waals surface area contributed by atoms with Crippen LogP contribution in [-0.2, 0) is 11.3 Å². The summed E-state index contributed by atoms with van der Waals surface area (Å²) in [5.74, 6) is 2.60. The molecular formula is C21H32N4O2S. The number of carbonyl (C=O) groups excluding carboxylic acids is 1. The summed E-state index contributed by atoms with van der Waals surface area (Å²) in [5.41, 5.74) is 0.404. The standard InChI is InChI=1S/C21H32N4O2S/c1-5-21(3,4)15-9-11-16(12-10-15)22-18(26)14-28-20-24-23-19(25(20)6-2)17-8-7-13-27-17/h7-8,13,15-16H,5-6,9-12,14H2,1-4H3,(H,22,26). The summed E-state index contributed by atoms with van der Waals surface area (Å²) in [4.78, 5) is 12.4. The average Bonchev–Trinajstić information content (AvgIpc) is 3.36. The predicted octanol–water partition coefficient (Wildman–Crippen LogP) is 4.76. The van der Waals surface area contributed by atoms with E-state index in [0.717, 1.165) is 30.5 Å². The highest BCUT2D eigenvalue weighted by molar-refractivity contribution is 7.99. The molecule has 1 amide bonds. The fourth-order valence-corrected chi connectivity index (χ4v) is 4.79. The Labute approximate surface area is 171 Å². The van der Waals surface area contributed by atoms with Gasteiger partial charge >= 0.3 is 0 Å². The summed E-state index contributed by atoms with van der Waals surface area (Å²) >= 11 is 1.43. The number of carbonyl (C=O) groups is 1. The molecule has 3 rings (SSSR count). The molecule has 7 heteroatoms. The molecule has 1 N–H and O–H groups in total. The Kier molecular flexibility index (Phi) is 6.86. The molecular weight excluding hydrogens is 372 g/mol. The number of nitrogens with zero attached hydrogens (tertiary/aromatic N) is 3. The molecule has 28 heavy (non-hydrogen) atoms. The lowest BCUT2D eigenvalue weighted by Gasteiger charge is -2.39. The van der Waals surface area contributed by atoms with Crippen LogP contribution in [0.25, 0.3) is 11.6 Å². The van der Waals surface area contributed by atoms with E-state index in [1.165, 1.54) is 31.0 Å². The van der Waals surface area contributed by atoms with E-state index in [-0.39, 0.29) is 5.91 Å². The molecule has 1 saturated carbocycles. The summed E-state index contributed by atoms with van der Waals surface area (Å²) in [6, 6.07) is 4.01. The lowest BCUT2D eigenvalue weighted by Crippen LogP contribution is -2.40. The Hall–Kier alpha value is -1.76. The number of furan rings is 1. The van der Waals surface area contributed by atoms with Gasteiger partial charge in [-0.25, -0.2) is 0 Å². The van der Waals surface area contributed by atoms with Crippen molar-refractivity contribution in [2.24, 2.45) is 11.3 Å². The third-order valence-electron chi connectivity index (χ3n) is 6.22. The van der Waals surface area contributed by atoms with Crippen molar-refractivity contribution in [1.29, 1.82) is 0 Å². The Morgan fingerprint density at radius 3 is 2.64 bits per heavy atom. The normalized spacial score (nSPS) is 20.3. The van der Waals surface area contributed by atoms with E-state index in [0.29, 0.717) is 28.8 Å². The van der Waals surface area contributed by atoms with Crippen molar-refractivity contribution in [3.8, 4) is 11.6 Å². The van der Waals surface area contributed by atoms with Crippen LogP contribution in [0.4, 0.5) is 0 Å². The molecule has 6 nitrogen and oxygen atoms in total. The first-order valence-electron chi connectivity index (χ1n) is 10.3. The second-order valence-corrected chi connectivity index (χ2v) is 9.22. The fourth-order valence-electron chi connectivity index (χ4n) is 3.98. The minimum Gasteiger partial charge on any atom is -0.461 e. The molecule has 0 unspecified atom stereocenters. The number of thioether (sulfide) groups is 1. The Balaban J connectivity index is 1.49. The second kappa shape index (κ2) is 9.16. The van der Waals surface area contributed by atoms with Crippen molar-refractivity contribution in [3.63, 3.8) is 0 Å². The van der Waals surface area contributed by atoms with Gasteiger partial charge in [-0.05, 0) is 56.1 Å². The molecule has 0 aromatic carbocycles. The van der Waals surface area contributed by atoms with Crippen LogP contribution < -0.4 is 5.32 Å². The predicted molar refractivity (Wildman–Crippen MR) is 112 cm³/mol. The average molecular weight is 405 g/mol. The fraction of sp³-hybridized carbons (Fsp3) is 0.667. The van der Waals surface area contributed by atoms with Crippen molar-refractivity contribution in [2.45, 2.75) is 77.5 Å². The van der Waals surface area contributed by atoms with E-state index in [1.807, 2.05) is 23.6 Å². The minimum absolute atomic E-state index is 0.0772. The van der Waals surface area contributed by atoms with Gasteiger partial charge in [0.2, 0.25) is 5.91 Å². The van der Waals surface area contributed by atoms with Gasteiger partial charge < -0.3 is 9.73 Å². The number of amides is 1. The Bertz CT molecular complexity index is 761. The van der Waals surface area contributed by atoms with Crippen LogP contribution in [0, 0.1) is 11.3 Å². The zero-order valence-electron chi connectivity index (χ0n) is 17.4. The van der Waals surface area contributed by atoms with Crippen LogP contribution in [0.2, 0.25) is 0 Å². The summed E-state index contributed by atoms with van der Waals surface area (Å²) in [6.07, 6.45) is 7.41. The van der Waals surface area contributed by atoms with Crippen LogP contribution in [0.5, 0.6) is 0 Å². The first kappa shape index (κ1) is 21.0. The van der Waals surface area contributed by atoms with E-state index in [4.69, 9.17) is 4.42 Å². The van der Waals surface area contributed by atoms with E-state index in [1.54, 1.807) is 6.26 Å².